The molecule has 0 aliphatic carbocycles. The summed E-state index contributed by atoms with van der Waals surface area (Å²) in [7, 11) is -3.85. The third kappa shape index (κ3) is 4.69. The number of amides is 1. The molecule has 0 radical (unpaired) electrons. The Labute approximate surface area is 162 Å². The summed E-state index contributed by atoms with van der Waals surface area (Å²) in [5.74, 6) is 0.207. The van der Waals surface area contributed by atoms with Crippen molar-refractivity contribution in [2.75, 3.05) is 4.72 Å². The molecule has 3 rings (SSSR count). The van der Waals surface area contributed by atoms with Crippen molar-refractivity contribution in [3.8, 4) is 0 Å². The average molecular weight is 405 g/mol. The number of hydrogen-bond acceptors (Lipinski definition) is 4. The lowest BCUT2D eigenvalue weighted by Crippen LogP contribution is -2.26. The van der Waals surface area contributed by atoms with Gasteiger partial charge in [0.2, 0.25) is 0 Å². The summed E-state index contributed by atoms with van der Waals surface area (Å²) in [5, 5.41) is 3.27. The van der Waals surface area contributed by atoms with Gasteiger partial charge in [-0.25, -0.2) is 8.42 Å². The van der Waals surface area contributed by atoms with Gasteiger partial charge in [-0.3, -0.25) is 9.52 Å². The van der Waals surface area contributed by atoms with Crippen molar-refractivity contribution in [1.82, 2.24) is 5.32 Å². The summed E-state index contributed by atoms with van der Waals surface area (Å²) in [4.78, 5) is 12.4. The third-order valence-corrected chi connectivity index (χ3v) is 5.45. The second-order valence-corrected chi connectivity index (χ2v) is 7.97. The monoisotopic (exact) mass is 404 g/mol. The van der Waals surface area contributed by atoms with Crippen LogP contribution in [0.1, 0.15) is 29.1 Å². The Bertz CT molecular complexity index is 1030. The van der Waals surface area contributed by atoms with Crippen molar-refractivity contribution in [2.24, 2.45) is 0 Å². The molecular formula is C19H17ClN2O4S. The molecule has 3 aromatic rings. The fraction of sp³-hybridized carbons (Fsp3) is 0.105. The lowest BCUT2D eigenvalue weighted by atomic mass is 10.2. The van der Waals surface area contributed by atoms with E-state index in [0.29, 0.717) is 16.5 Å². The maximum Gasteiger partial charge on any atom is 0.261 e. The Morgan fingerprint density at radius 1 is 1.07 bits per heavy atom. The molecule has 0 bridgehead atoms. The van der Waals surface area contributed by atoms with Gasteiger partial charge in [0, 0.05) is 16.3 Å². The molecule has 0 spiro atoms. The van der Waals surface area contributed by atoms with Crippen LogP contribution in [0.4, 0.5) is 5.69 Å². The first-order chi connectivity index (χ1) is 12.8. The number of rotatable bonds is 6. The van der Waals surface area contributed by atoms with Crippen molar-refractivity contribution >= 4 is 33.2 Å². The minimum absolute atomic E-state index is 0.0178. The molecule has 2 N–H and O–H groups in total. The van der Waals surface area contributed by atoms with Crippen LogP contribution in [-0.2, 0) is 10.0 Å². The molecule has 6 nitrogen and oxygen atoms in total. The Morgan fingerprint density at radius 3 is 2.48 bits per heavy atom. The van der Waals surface area contributed by atoms with Gasteiger partial charge in [-0.15, -0.1) is 0 Å². The molecule has 1 aromatic heterocycles. The van der Waals surface area contributed by atoms with E-state index in [4.69, 9.17) is 16.0 Å². The van der Waals surface area contributed by atoms with E-state index >= 15 is 0 Å². The summed E-state index contributed by atoms with van der Waals surface area (Å²) >= 11 is 5.81. The first kappa shape index (κ1) is 19.0. The Morgan fingerprint density at radius 2 is 1.81 bits per heavy atom. The molecule has 1 amide bonds. The highest BCUT2D eigenvalue weighted by atomic mass is 35.5. The van der Waals surface area contributed by atoms with Gasteiger partial charge in [0.15, 0.2) is 0 Å². The molecule has 0 fully saturated rings. The van der Waals surface area contributed by atoms with Crippen molar-refractivity contribution in [3.63, 3.8) is 0 Å². The predicted octanol–water partition coefficient (Wildman–Crippen LogP) is 4.22. The van der Waals surface area contributed by atoms with Gasteiger partial charge in [0.25, 0.3) is 15.9 Å². The molecule has 0 saturated heterocycles. The van der Waals surface area contributed by atoms with E-state index in [1.165, 1.54) is 24.5 Å². The van der Waals surface area contributed by atoms with Gasteiger partial charge in [0.1, 0.15) is 5.76 Å². The van der Waals surface area contributed by atoms with Crippen molar-refractivity contribution < 1.29 is 17.6 Å². The number of carbonyl (C=O) groups excluding carboxylic acids is 1. The van der Waals surface area contributed by atoms with Gasteiger partial charge in [0.05, 0.1) is 17.2 Å². The quantitative estimate of drug-likeness (QED) is 0.643. The van der Waals surface area contributed by atoms with Crippen LogP contribution >= 0.6 is 11.6 Å². The molecule has 1 heterocycles. The van der Waals surface area contributed by atoms with Gasteiger partial charge in [-0.2, -0.15) is 0 Å². The molecule has 0 unspecified atom stereocenters. The number of hydrogen-bond donors (Lipinski definition) is 2. The fourth-order valence-corrected chi connectivity index (χ4v) is 3.66. The standard InChI is InChI=1S/C19H17ClN2O4S/c1-13(18-6-3-11-26-18)21-19(23)14-4-2-5-17(12-14)27(24,25)22-16-9-7-15(20)8-10-16/h2-13,22H,1H3,(H,21,23)/t13-/m0/s1. The fourth-order valence-electron chi connectivity index (χ4n) is 2.43. The molecule has 27 heavy (non-hydrogen) atoms. The molecule has 0 saturated carbocycles. The minimum Gasteiger partial charge on any atom is -0.467 e. The maximum atomic E-state index is 12.6. The topological polar surface area (TPSA) is 88.4 Å². The molecule has 2 aromatic carbocycles. The first-order valence-corrected chi connectivity index (χ1v) is 9.94. The number of benzene rings is 2. The van der Waals surface area contributed by atoms with Gasteiger partial charge in [-0.1, -0.05) is 17.7 Å². The van der Waals surface area contributed by atoms with Crippen LogP contribution < -0.4 is 10.0 Å². The summed E-state index contributed by atoms with van der Waals surface area (Å²) in [6.07, 6.45) is 1.52. The van der Waals surface area contributed by atoms with Gasteiger partial charge < -0.3 is 9.73 Å². The van der Waals surface area contributed by atoms with Gasteiger partial charge in [-0.05, 0) is 61.5 Å². The van der Waals surface area contributed by atoms with E-state index in [-0.39, 0.29) is 16.5 Å². The first-order valence-electron chi connectivity index (χ1n) is 8.08. The van der Waals surface area contributed by atoms with Crippen LogP contribution in [0.3, 0.4) is 0 Å². The lowest BCUT2D eigenvalue weighted by Gasteiger charge is -2.13. The molecule has 140 valence electrons. The highest BCUT2D eigenvalue weighted by Crippen LogP contribution is 2.20. The number of carbonyl (C=O) groups is 1. The van der Waals surface area contributed by atoms with E-state index in [1.807, 2.05) is 0 Å². The highest BCUT2D eigenvalue weighted by Gasteiger charge is 2.18. The van der Waals surface area contributed by atoms with Crippen molar-refractivity contribution in [3.05, 3.63) is 83.3 Å². The maximum absolute atomic E-state index is 12.6. The Hall–Kier alpha value is -2.77. The zero-order valence-electron chi connectivity index (χ0n) is 14.3. The lowest BCUT2D eigenvalue weighted by molar-refractivity contribution is 0.0935. The summed E-state index contributed by atoms with van der Waals surface area (Å²) < 4.78 is 32.9. The number of sulfonamides is 1. The number of furan rings is 1. The predicted molar refractivity (Wildman–Crippen MR) is 103 cm³/mol. The molecule has 8 heteroatoms. The van der Waals surface area contributed by atoms with Crippen LogP contribution in [0, 0.1) is 0 Å². The zero-order chi connectivity index (χ0) is 19.4. The van der Waals surface area contributed by atoms with E-state index in [0.717, 1.165) is 0 Å². The molecular weight excluding hydrogens is 388 g/mol. The van der Waals surface area contributed by atoms with E-state index in [9.17, 15) is 13.2 Å². The van der Waals surface area contributed by atoms with Crippen LogP contribution in [0.5, 0.6) is 0 Å². The number of nitrogens with one attached hydrogen (secondary N) is 2. The Balaban J connectivity index is 1.77. The second-order valence-electron chi connectivity index (χ2n) is 5.85. The van der Waals surface area contributed by atoms with E-state index in [1.54, 1.807) is 49.4 Å². The number of anilines is 1. The smallest absolute Gasteiger partial charge is 0.261 e. The number of halogens is 1. The van der Waals surface area contributed by atoms with E-state index < -0.39 is 15.9 Å². The van der Waals surface area contributed by atoms with Gasteiger partial charge >= 0.3 is 0 Å². The highest BCUT2D eigenvalue weighted by molar-refractivity contribution is 7.92. The normalized spacial score (nSPS) is 12.4. The van der Waals surface area contributed by atoms with Crippen LogP contribution in [0.25, 0.3) is 0 Å². The van der Waals surface area contributed by atoms with Crippen LogP contribution in [0.15, 0.2) is 76.2 Å². The van der Waals surface area contributed by atoms with Crippen molar-refractivity contribution in [2.45, 2.75) is 17.9 Å². The Kier molecular flexibility index (Phi) is 5.53. The molecule has 1 atom stereocenters. The summed E-state index contributed by atoms with van der Waals surface area (Å²) in [6, 6.07) is 15.2. The van der Waals surface area contributed by atoms with E-state index in [2.05, 4.69) is 10.0 Å². The molecule has 0 aliphatic rings. The average Bonchev–Trinajstić information content (AvgIpc) is 3.18. The van der Waals surface area contributed by atoms with Crippen molar-refractivity contribution in [1.29, 1.82) is 0 Å². The van der Waals surface area contributed by atoms with Crippen LogP contribution in [0.2, 0.25) is 5.02 Å². The SMILES string of the molecule is C[C@H](NC(=O)c1cccc(S(=O)(=O)Nc2ccc(Cl)cc2)c1)c1ccco1. The largest absolute Gasteiger partial charge is 0.467 e. The third-order valence-electron chi connectivity index (χ3n) is 3.82. The summed E-state index contributed by atoms with van der Waals surface area (Å²) in [6.45, 7) is 1.78. The molecule has 0 aliphatic heterocycles. The van der Waals surface area contributed by atoms with Crippen LogP contribution in [-0.4, -0.2) is 14.3 Å². The second kappa shape index (κ2) is 7.85. The minimum atomic E-state index is -3.85. The summed E-state index contributed by atoms with van der Waals surface area (Å²) in [5.41, 5.74) is 0.605. The zero-order valence-corrected chi connectivity index (χ0v) is 15.9.